The smallest absolute Gasteiger partial charge is 0.407 e. The molecule has 4 unspecified atom stereocenters. The molecule has 192 valence electrons. The Bertz CT molecular complexity index is 612. The molecule has 1 amide bonds. The van der Waals surface area contributed by atoms with Gasteiger partial charge in [0.25, 0.3) is 0 Å². The molecule has 0 spiro atoms. The molecule has 2 heterocycles. The predicted molar refractivity (Wildman–Crippen MR) is 125 cm³/mol. The first kappa shape index (κ1) is 28.0. The first-order valence-corrected chi connectivity index (χ1v) is 12.5. The highest BCUT2D eigenvalue weighted by atomic mass is 16.6. The molecule has 0 aromatic carbocycles. The van der Waals surface area contributed by atoms with Crippen molar-refractivity contribution >= 4 is 11.9 Å². The van der Waals surface area contributed by atoms with Gasteiger partial charge in [-0.05, 0) is 59.3 Å². The Morgan fingerprint density at radius 3 is 2.15 bits per heavy atom. The lowest BCUT2D eigenvalue weighted by Gasteiger charge is -2.60. The minimum atomic E-state index is -0.543. The quantitative estimate of drug-likeness (QED) is 0.340. The maximum atomic E-state index is 11.9. The van der Waals surface area contributed by atoms with E-state index in [4.69, 9.17) is 23.7 Å². The van der Waals surface area contributed by atoms with Crippen LogP contribution in [0.4, 0.5) is 4.79 Å². The highest BCUT2D eigenvalue weighted by Crippen LogP contribution is 2.51. The average molecular weight is 472 g/mol. The van der Waals surface area contributed by atoms with Crippen molar-refractivity contribution in [3.63, 3.8) is 0 Å². The highest BCUT2D eigenvalue weighted by Gasteiger charge is 2.60. The molecule has 0 aromatic rings. The first-order valence-electron chi connectivity index (χ1n) is 12.5. The Labute approximate surface area is 199 Å². The summed E-state index contributed by atoms with van der Waals surface area (Å²) in [6.45, 7) is 10.2. The number of alkyl carbamates (subject to hydrolysis) is 1. The zero-order chi connectivity index (χ0) is 24.3. The van der Waals surface area contributed by atoms with Crippen molar-refractivity contribution in [2.45, 2.75) is 102 Å². The Kier molecular flexibility index (Phi) is 11.6. The van der Waals surface area contributed by atoms with E-state index in [0.717, 1.165) is 44.9 Å². The van der Waals surface area contributed by atoms with Gasteiger partial charge in [0.15, 0.2) is 0 Å². The van der Waals surface area contributed by atoms with Crippen molar-refractivity contribution < 1.29 is 33.3 Å². The minimum Gasteiger partial charge on any atom is -0.447 e. The number of amides is 1. The van der Waals surface area contributed by atoms with Crippen LogP contribution in [0, 0.1) is 5.92 Å². The fraction of sp³-hybridized carbons (Fsp3) is 0.920. The van der Waals surface area contributed by atoms with Crippen LogP contribution < -0.4 is 5.32 Å². The molecule has 3 rings (SSSR count). The molecular weight excluding hydrogens is 426 g/mol. The van der Waals surface area contributed by atoms with Gasteiger partial charge in [0.1, 0.15) is 18.0 Å². The fourth-order valence-corrected chi connectivity index (χ4v) is 4.97. The summed E-state index contributed by atoms with van der Waals surface area (Å²) in [5, 5.41) is 2.78. The van der Waals surface area contributed by atoms with Gasteiger partial charge in [0.05, 0.1) is 37.6 Å². The van der Waals surface area contributed by atoms with Crippen molar-refractivity contribution in [3.8, 4) is 0 Å². The molecule has 3 fully saturated rings. The zero-order valence-electron chi connectivity index (χ0n) is 21.3. The number of carbonyl (C=O) groups excluding carboxylic acids is 2. The molecular formula is C25H45NO7. The van der Waals surface area contributed by atoms with Crippen molar-refractivity contribution in [3.05, 3.63) is 0 Å². The van der Waals surface area contributed by atoms with Gasteiger partial charge >= 0.3 is 6.09 Å². The summed E-state index contributed by atoms with van der Waals surface area (Å²) in [6.07, 6.45) is 6.99. The summed E-state index contributed by atoms with van der Waals surface area (Å²) in [5.41, 5.74) is -0.752. The summed E-state index contributed by atoms with van der Waals surface area (Å²) < 4.78 is 29.1. The molecule has 3 aliphatic rings. The molecule has 4 atom stereocenters. The summed E-state index contributed by atoms with van der Waals surface area (Å²) >= 11 is 0. The van der Waals surface area contributed by atoms with Gasteiger partial charge < -0.3 is 33.8 Å². The monoisotopic (exact) mass is 471 g/mol. The van der Waals surface area contributed by atoms with Gasteiger partial charge in [-0.25, -0.2) is 4.79 Å². The van der Waals surface area contributed by atoms with E-state index in [-0.39, 0.29) is 30.2 Å². The molecule has 33 heavy (non-hydrogen) atoms. The number of nitrogens with one attached hydrogen (secondary N) is 1. The number of methoxy groups -OCH3 is 1. The molecule has 1 aliphatic carbocycles. The lowest BCUT2D eigenvalue weighted by atomic mass is 9.65. The largest absolute Gasteiger partial charge is 0.447 e. The SMILES string of the molecule is COCCOC1CC2CC(OCCOC(=O)NCCCCCCCC(C)=O)C1(C)OC2(C)C. The molecule has 2 bridgehead atoms. The minimum absolute atomic E-state index is 0.0453. The zero-order valence-corrected chi connectivity index (χ0v) is 21.3. The van der Waals surface area contributed by atoms with Crippen LogP contribution in [-0.2, 0) is 28.5 Å². The molecule has 2 aliphatic heterocycles. The standard InChI is InChI=1S/C25H45NO7/c1-19(27)11-9-7-6-8-10-12-26-23(28)32-16-15-31-22-18-20-17-21(30-14-13-29-5)25(22,4)33-24(20,2)3/h20-22H,6-18H2,1-5H3,(H,26,28). The third-order valence-corrected chi connectivity index (χ3v) is 6.96. The number of hydrogen-bond acceptors (Lipinski definition) is 7. The third-order valence-electron chi connectivity index (χ3n) is 6.96. The van der Waals surface area contributed by atoms with E-state index in [1.54, 1.807) is 14.0 Å². The predicted octanol–water partition coefficient (Wildman–Crippen LogP) is 4.04. The molecule has 0 radical (unpaired) electrons. The summed E-state index contributed by atoms with van der Waals surface area (Å²) in [6, 6.07) is 0. The third kappa shape index (κ3) is 8.81. The maximum absolute atomic E-state index is 11.9. The number of Topliss-reactive ketones (excluding diaryl/α,β-unsaturated/α-hetero) is 1. The van der Waals surface area contributed by atoms with Crippen LogP contribution in [0.15, 0.2) is 0 Å². The van der Waals surface area contributed by atoms with Crippen LogP contribution in [0.1, 0.15) is 79.1 Å². The Balaban J connectivity index is 1.62. The van der Waals surface area contributed by atoms with Gasteiger partial charge in [-0.3, -0.25) is 0 Å². The summed E-state index contributed by atoms with van der Waals surface area (Å²) in [4.78, 5) is 22.8. The number of ketones is 1. The van der Waals surface area contributed by atoms with Gasteiger partial charge in [-0.15, -0.1) is 0 Å². The van der Waals surface area contributed by atoms with Gasteiger partial charge in [-0.2, -0.15) is 0 Å². The van der Waals surface area contributed by atoms with Gasteiger partial charge in [0, 0.05) is 20.1 Å². The number of hydrogen-bond donors (Lipinski definition) is 1. The molecule has 0 aromatic heterocycles. The van der Waals surface area contributed by atoms with E-state index in [1.165, 1.54) is 0 Å². The Hall–Kier alpha value is -1.22. The lowest BCUT2D eigenvalue weighted by Crippen LogP contribution is -2.69. The van der Waals surface area contributed by atoms with Crippen molar-refractivity contribution in [2.24, 2.45) is 5.92 Å². The lowest BCUT2D eigenvalue weighted by molar-refractivity contribution is -0.326. The van der Waals surface area contributed by atoms with E-state index in [9.17, 15) is 9.59 Å². The Morgan fingerprint density at radius 1 is 0.909 bits per heavy atom. The van der Waals surface area contributed by atoms with Gasteiger partial charge in [-0.1, -0.05) is 19.3 Å². The second kappa shape index (κ2) is 13.6. The van der Waals surface area contributed by atoms with Gasteiger partial charge in [0.2, 0.25) is 0 Å². The van der Waals surface area contributed by atoms with Crippen molar-refractivity contribution in [1.29, 1.82) is 0 Å². The van der Waals surface area contributed by atoms with Crippen LogP contribution in [-0.4, -0.2) is 75.4 Å². The number of fused-ring (bicyclic) bond motifs is 3. The van der Waals surface area contributed by atoms with Crippen molar-refractivity contribution in [2.75, 3.05) is 40.1 Å². The highest BCUT2D eigenvalue weighted by molar-refractivity contribution is 5.75. The molecule has 8 heteroatoms. The Morgan fingerprint density at radius 2 is 1.52 bits per heavy atom. The topological polar surface area (TPSA) is 92.3 Å². The molecule has 8 nitrogen and oxygen atoms in total. The second-order valence-corrected chi connectivity index (χ2v) is 10.1. The van der Waals surface area contributed by atoms with Crippen LogP contribution in [0.2, 0.25) is 0 Å². The number of carbonyl (C=O) groups is 2. The average Bonchev–Trinajstić information content (AvgIpc) is 2.73. The van der Waals surface area contributed by atoms with Crippen LogP contribution >= 0.6 is 0 Å². The normalized spacial score (nSPS) is 28.0. The summed E-state index contributed by atoms with van der Waals surface area (Å²) in [5.74, 6) is 0.601. The second-order valence-electron chi connectivity index (χ2n) is 10.1. The van der Waals surface area contributed by atoms with E-state index in [2.05, 4.69) is 26.1 Å². The number of rotatable bonds is 16. The number of ether oxygens (including phenoxy) is 5. The molecule has 2 saturated heterocycles. The molecule has 1 N–H and O–H groups in total. The van der Waals surface area contributed by atoms with E-state index < -0.39 is 11.7 Å². The molecule has 1 saturated carbocycles. The maximum Gasteiger partial charge on any atom is 0.407 e. The van der Waals surface area contributed by atoms with E-state index >= 15 is 0 Å². The van der Waals surface area contributed by atoms with Crippen LogP contribution in [0.25, 0.3) is 0 Å². The first-order chi connectivity index (χ1) is 15.7. The number of unbranched alkanes of at least 4 members (excludes halogenated alkanes) is 4. The fourth-order valence-electron chi connectivity index (χ4n) is 4.97. The van der Waals surface area contributed by atoms with E-state index in [0.29, 0.717) is 38.7 Å². The van der Waals surface area contributed by atoms with Crippen LogP contribution in [0.3, 0.4) is 0 Å². The van der Waals surface area contributed by atoms with E-state index in [1.807, 2.05) is 0 Å². The van der Waals surface area contributed by atoms with Crippen molar-refractivity contribution in [1.82, 2.24) is 5.32 Å². The van der Waals surface area contributed by atoms with Crippen LogP contribution in [0.5, 0.6) is 0 Å². The summed E-state index contributed by atoms with van der Waals surface area (Å²) in [7, 11) is 1.67.